The van der Waals surface area contributed by atoms with Crippen LogP contribution in [0.25, 0.3) is 0 Å². The highest BCUT2D eigenvalue weighted by Gasteiger charge is 2.28. The van der Waals surface area contributed by atoms with E-state index in [2.05, 4.69) is 21.2 Å². The van der Waals surface area contributed by atoms with Crippen molar-refractivity contribution in [3.8, 4) is 5.75 Å². The molecule has 0 aliphatic carbocycles. The van der Waals surface area contributed by atoms with Crippen LogP contribution in [-0.4, -0.2) is 35.9 Å². The molecule has 0 heterocycles. The van der Waals surface area contributed by atoms with Crippen molar-refractivity contribution in [3.05, 3.63) is 61.5 Å². The SMILES string of the molecule is Cc1cc(OCC(=O)N(Cc2c(Cl)cccc2Cl)[C@@H](C)C(=O)NCC(C)C)cc(C)c1Br. The van der Waals surface area contributed by atoms with E-state index in [4.69, 9.17) is 27.9 Å². The van der Waals surface area contributed by atoms with Crippen LogP contribution in [-0.2, 0) is 16.1 Å². The van der Waals surface area contributed by atoms with Gasteiger partial charge in [-0.25, -0.2) is 0 Å². The van der Waals surface area contributed by atoms with Gasteiger partial charge in [0.05, 0.1) is 0 Å². The second-order valence-electron chi connectivity index (χ2n) is 8.20. The minimum atomic E-state index is -0.731. The predicted molar refractivity (Wildman–Crippen MR) is 133 cm³/mol. The zero-order chi connectivity index (χ0) is 24.0. The average molecular weight is 544 g/mol. The Hall–Kier alpha value is -1.76. The van der Waals surface area contributed by atoms with E-state index in [1.54, 1.807) is 25.1 Å². The van der Waals surface area contributed by atoms with Crippen molar-refractivity contribution in [1.29, 1.82) is 0 Å². The van der Waals surface area contributed by atoms with Gasteiger partial charge in [-0.2, -0.15) is 0 Å². The van der Waals surface area contributed by atoms with Gasteiger partial charge in [0.2, 0.25) is 5.91 Å². The van der Waals surface area contributed by atoms with Crippen LogP contribution in [0.4, 0.5) is 0 Å². The maximum Gasteiger partial charge on any atom is 0.261 e. The molecule has 0 fully saturated rings. The van der Waals surface area contributed by atoms with Gasteiger partial charge >= 0.3 is 0 Å². The smallest absolute Gasteiger partial charge is 0.261 e. The van der Waals surface area contributed by atoms with Gasteiger partial charge in [0, 0.05) is 33.2 Å². The molecule has 0 aromatic heterocycles. The van der Waals surface area contributed by atoms with Crippen LogP contribution in [0.2, 0.25) is 10.0 Å². The number of halogens is 3. The second-order valence-corrected chi connectivity index (χ2v) is 9.80. The largest absolute Gasteiger partial charge is 0.484 e. The molecule has 32 heavy (non-hydrogen) atoms. The molecule has 8 heteroatoms. The van der Waals surface area contributed by atoms with Crippen molar-refractivity contribution >= 4 is 50.9 Å². The summed E-state index contributed by atoms with van der Waals surface area (Å²) >= 11 is 16.2. The lowest BCUT2D eigenvalue weighted by Gasteiger charge is -2.29. The third-order valence-corrected chi connectivity index (χ3v) is 6.97. The highest BCUT2D eigenvalue weighted by atomic mass is 79.9. The fourth-order valence-corrected chi connectivity index (χ4v) is 3.85. The molecule has 2 aromatic carbocycles. The molecule has 0 saturated carbocycles. The second kappa shape index (κ2) is 11.9. The number of carbonyl (C=O) groups excluding carboxylic acids is 2. The van der Waals surface area contributed by atoms with Gasteiger partial charge in [-0.15, -0.1) is 0 Å². The standard InChI is InChI=1S/C24H29BrCl2N2O3/c1-14(2)11-28-24(31)17(5)29(12-19-20(26)7-6-8-21(19)27)22(30)13-32-18-9-15(3)23(25)16(4)10-18/h6-10,14,17H,11-13H2,1-5H3,(H,28,31)/t17-/m0/s1. The van der Waals surface area contributed by atoms with Gasteiger partial charge in [0.1, 0.15) is 11.8 Å². The minimum absolute atomic E-state index is 0.0926. The first kappa shape index (κ1) is 26.5. The van der Waals surface area contributed by atoms with Crippen LogP contribution in [0, 0.1) is 19.8 Å². The fraction of sp³-hybridized carbons (Fsp3) is 0.417. The Morgan fingerprint density at radius 2 is 1.66 bits per heavy atom. The quantitative estimate of drug-likeness (QED) is 0.425. The molecular formula is C24H29BrCl2N2O3. The first-order chi connectivity index (χ1) is 15.0. The van der Waals surface area contributed by atoms with Crippen molar-refractivity contribution in [2.45, 2.75) is 47.2 Å². The Morgan fingerprint density at radius 3 is 2.19 bits per heavy atom. The summed E-state index contributed by atoms with van der Waals surface area (Å²) < 4.78 is 6.78. The molecule has 2 rings (SSSR count). The van der Waals surface area contributed by atoms with Crippen LogP contribution >= 0.6 is 39.1 Å². The molecule has 1 atom stereocenters. The van der Waals surface area contributed by atoms with Gasteiger partial charge in [0.25, 0.3) is 5.91 Å². The number of nitrogens with zero attached hydrogens (tertiary/aromatic N) is 1. The van der Waals surface area contributed by atoms with Crippen LogP contribution < -0.4 is 10.1 Å². The molecule has 174 valence electrons. The molecule has 0 aliphatic rings. The van der Waals surface area contributed by atoms with Crippen LogP contribution in [0.5, 0.6) is 5.75 Å². The summed E-state index contributed by atoms with van der Waals surface area (Å²) in [5, 5.41) is 3.75. The molecule has 0 unspecified atom stereocenters. The third kappa shape index (κ3) is 7.12. The van der Waals surface area contributed by atoms with Crippen LogP contribution in [0.15, 0.2) is 34.8 Å². The number of ether oxygens (including phenoxy) is 1. The van der Waals surface area contributed by atoms with Crippen LogP contribution in [0.3, 0.4) is 0 Å². The number of nitrogens with one attached hydrogen (secondary N) is 1. The lowest BCUT2D eigenvalue weighted by Crippen LogP contribution is -2.49. The number of rotatable bonds is 9. The normalized spacial score (nSPS) is 11.9. The molecular weight excluding hydrogens is 515 g/mol. The van der Waals surface area contributed by atoms with Gasteiger partial charge in [-0.05, 0) is 62.1 Å². The Bertz CT molecular complexity index is 938. The minimum Gasteiger partial charge on any atom is -0.484 e. The number of aryl methyl sites for hydroxylation is 2. The zero-order valence-electron chi connectivity index (χ0n) is 19.0. The lowest BCUT2D eigenvalue weighted by molar-refractivity contribution is -0.142. The van der Waals surface area contributed by atoms with Gasteiger partial charge in [0.15, 0.2) is 6.61 Å². The molecule has 1 N–H and O–H groups in total. The Kier molecular flexibility index (Phi) is 9.86. The first-order valence-electron chi connectivity index (χ1n) is 10.4. The van der Waals surface area contributed by atoms with Crippen molar-refractivity contribution in [1.82, 2.24) is 10.2 Å². The highest BCUT2D eigenvalue weighted by molar-refractivity contribution is 9.10. The molecule has 0 bridgehead atoms. The van der Waals surface area contributed by atoms with Crippen molar-refractivity contribution in [3.63, 3.8) is 0 Å². The number of amides is 2. The summed E-state index contributed by atoms with van der Waals surface area (Å²) in [4.78, 5) is 27.4. The number of carbonyl (C=O) groups is 2. The maximum atomic E-state index is 13.2. The zero-order valence-corrected chi connectivity index (χ0v) is 22.1. The molecule has 0 radical (unpaired) electrons. The molecule has 0 saturated heterocycles. The first-order valence-corrected chi connectivity index (χ1v) is 12.0. The molecule has 0 spiro atoms. The fourth-order valence-electron chi connectivity index (χ4n) is 3.11. The summed E-state index contributed by atoms with van der Waals surface area (Å²) in [6.07, 6.45) is 0. The number of hydrogen-bond donors (Lipinski definition) is 1. The predicted octanol–water partition coefficient (Wildman–Crippen LogP) is 5.94. The lowest BCUT2D eigenvalue weighted by atomic mass is 10.1. The van der Waals surface area contributed by atoms with E-state index in [1.165, 1.54) is 4.90 Å². The Morgan fingerprint density at radius 1 is 1.09 bits per heavy atom. The summed E-state index contributed by atoms with van der Waals surface area (Å²) in [7, 11) is 0. The Labute approximate surface area is 208 Å². The van der Waals surface area contributed by atoms with Crippen molar-refractivity contribution in [2.75, 3.05) is 13.2 Å². The number of benzene rings is 2. The molecule has 0 aliphatic heterocycles. The highest BCUT2D eigenvalue weighted by Crippen LogP contribution is 2.28. The van der Waals surface area contributed by atoms with E-state index in [-0.39, 0.29) is 25.0 Å². The van der Waals surface area contributed by atoms with E-state index in [0.717, 1.165) is 15.6 Å². The number of hydrogen-bond acceptors (Lipinski definition) is 3. The third-order valence-electron chi connectivity index (χ3n) is 5.01. The van der Waals surface area contributed by atoms with E-state index >= 15 is 0 Å². The van der Waals surface area contributed by atoms with E-state index in [1.807, 2.05) is 39.8 Å². The van der Waals surface area contributed by atoms with E-state index < -0.39 is 6.04 Å². The summed E-state index contributed by atoms with van der Waals surface area (Å²) in [6.45, 7) is 10.0. The maximum absolute atomic E-state index is 13.2. The Balaban J connectivity index is 2.24. The average Bonchev–Trinajstić information content (AvgIpc) is 2.73. The van der Waals surface area contributed by atoms with Gasteiger partial charge < -0.3 is 15.0 Å². The van der Waals surface area contributed by atoms with E-state index in [0.29, 0.717) is 33.8 Å². The molecule has 5 nitrogen and oxygen atoms in total. The van der Waals surface area contributed by atoms with Crippen molar-refractivity contribution < 1.29 is 14.3 Å². The van der Waals surface area contributed by atoms with Crippen molar-refractivity contribution in [2.24, 2.45) is 5.92 Å². The summed E-state index contributed by atoms with van der Waals surface area (Å²) in [5.74, 6) is 0.293. The monoisotopic (exact) mass is 542 g/mol. The van der Waals surface area contributed by atoms with Gasteiger partial charge in [-0.3, -0.25) is 9.59 Å². The topological polar surface area (TPSA) is 58.6 Å². The summed E-state index contributed by atoms with van der Waals surface area (Å²) in [6, 6.07) is 8.14. The van der Waals surface area contributed by atoms with Gasteiger partial charge in [-0.1, -0.05) is 59.0 Å². The van der Waals surface area contributed by atoms with Crippen LogP contribution in [0.1, 0.15) is 37.5 Å². The summed E-state index contributed by atoms with van der Waals surface area (Å²) in [5.41, 5.74) is 2.60. The van der Waals surface area contributed by atoms with E-state index in [9.17, 15) is 9.59 Å². The molecule has 2 amide bonds. The molecule has 2 aromatic rings.